The Kier molecular flexibility index (Phi) is 7.77. The molecule has 0 bridgehead atoms. The second kappa shape index (κ2) is 10.5. The lowest BCUT2D eigenvalue weighted by molar-refractivity contribution is -0.148. The smallest absolute Gasteiger partial charge is 0.331 e. The molecule has 2 aromatic rings. The molecule has 0 aromatic heterocycles. The van der Waals surface area contributed by atoms with Crippen LogP contribution in [0.1, 0.15) is 11.1 Å². The van der Waals surface area contributed by atoms with Gasteiger partial charge in [0.05, 0.1) is 0 Å². The number of benzene rings is 2. The number of rotatable bonds is 8. The van der Waals surface area contributed by atoms with Crippen LogP contribution < -0.4 is 0 Å². The maximum atomic E-state index is 12.8. The van der Waals surface area contributed by atoms with Crippen molar-refractivity contribution in [2.75, 3.05) is 13.2 Å². The standard InChI is InChI=1S/C21H16F2O5/c22-17-7-1-15(2-8-17)5-11-20(25)27-13-19(24)14-28-21(26)12-6-16-3-9-18(23)10-4-16/h1-12H,13-14H2/b11-5+,12-6+. The van der Waals surface area contributed by atoms with Crippen molar-refractivity contribution < 1.29 is 32.6 Å². The first-order valence-corrected chi connectivity index (χ1v) is 8.15. The van der Waals surface area contributed by atoms with Gasteiger partial charge < -0.3 is 9.47 Å². The van der Waals surface area contributed by atoms with Crippen LogP contribution in [0.15, 0.2) is 60.7 Å². The molecule has 0 aliphatic rings. The van der Waals surface area contributed by atoms with Crippen LogP contribution in [0.4, 0.5) is 8.78 Å². The van der Waals surface area contributed by atoms with Gasteiger partial charge >= 0.3 is 11.9 Å². The van der Waals surface area contributed by atoms with Gasteiger partial charge in [-0.2, -0.15) is 0 Å². The van der Waals surface area contributed by atoms with Crippen LogP contribution in [0, 0.1) is 11.6 Å². The van der Waals surface area contributed by atoms with Gasteiger partial charge in [0.1, 0.15) is 11.6 Å². The second-order valence-corrected chi connectivity index (χ2v) is 5.52. The second-order valence-electron chi connectivity index (χ2n) is 5.52. The SMILES string of the molecule is O=C(COC(=O)/C=C/c1ccc(F)cc1)COC(=O)/C=C/c1ccc(F)cc1. The molecule has 0 fully saturated rings. The van der Waals surface area contributed by atoms with E-state index in [-0.39, 0.29) is 0 Å². The Hall–Kier alpha value is -3.61. The fourth-order valence-electron chi connectivity index (χ4n) is 1.92. The van der Waals surface area contributed by atoms with Crippen molar-refractivity contribution in [1.82, 2.24) is 0 Å². The number of hydrogen-bond donors (Lipinski definition) is 0. The first-order chi connectivity index (χ1) is 13.4. The Labute approximate surface area is 159 Å². The Morgan fingerprint density at radius 1 is 0.679 bits per heavy atom. The van der Waals surface area contributed by atoms with E-state index in [9.17, 15) is 23.2 Å². The van der Waals surface area contributed by atoms with Gasteiger partial charge in [-0.3, -0.25) is 4.79 Å². The average Bonchev–Trinajstić information content (AvgIpc) is 2.69. The number of carbonyl (C=O) groups excluding carboxylic acids is 3. The minimum atomic E-state index is -0.764. The Morgan fingerprint density at radius 3 is 1.39 bits per heavy atom. The highest BCUT2D eigenvalue weighted by atomic mass is 19.1. The molecule has 0 heterocycles. The zero-order valence-corrected chi connectivity index (χ0v) is 14.6. The molecule has 0 radical (unpaired) electrons. The zero-order chi connectivity index (χ0) is 20.4. The number of halogens is 2. The van der Waals surface area contributed by atoms with Crippen molar-refractivity contribution in [3.8, 4) is 0 Å². The molecule has 0 saturated heterocycles. The molecule has 2 rings (SSSR count). The van der Waals surface area contributed by atoms with Gasteiger partial charge in [0, 0.05) is 12.2 Å². The average molecular weight is 386 g/mol. The third kappa shape index (κ3) is 7.74. The summed E-state index contributed by atoms with van der Waals surface area (Å²) in [6.45, 7) is -1.11. The summed E-state index contributed by atoms with van der Waals surface area (Å²) < 4.78 is 35.0. The quantitative estimate of drug-likeness (QED) is 0.514. The molecule has 28 heavy (non-hydrogen) atoms. The molecule has 0 amide bonds. The van der Waals surface area contributed by atoms with E-state index in [0.29, 0.717) is 11.1 Å². The van der Waals surface area contributed by atoms with Crippen LogP contribution in [0.5, 0.6) is 0 Å². The fourth-order valence-corrected chi connectivity index (χ4v) is 1.92. The zero-order valence-electron chi connectivity index (χ0n) is 14.6. The van der Waals surface area contributed by atoms with Crippen molar-refractivity contribution in [1.29, 1.82) is 0 Å². The summed E-state index contributed by atoms with van der Waals surface area (Å²) in [6.07, 6.45) is 5.01. The minimum absolute atomic E-state index is 0.396. The summed E-state index contributed by atoms with van der Waals surface area (Å²) in [4.78, 5) is 34.6. The normalized spacial score (nSPS) is 10.9. The summed E-state index contributed by atoms with van der Waals surface area (Å²) in [7, 11) is 0. The summed E-state index contributed by atoms with van der Waals surface area (Å²) in [6, 6.07) is 10.9. The highest BCUT2D eigenvalue weighted by Crippen LogP contribution is 2.05. The summed E-state index contributed by atoms with van der Waals surface area (Å²) >= 11 is 0. The maximum absolute atomic E-state index is 12.8. The third-order valence-electron chi connectivity index (χ3n) is 3.31. The molecule has 0 spiro atoms. The monoisotopic (exact) mass is 386 g/mol. The molecule has 0 aliphatic heterocycles. The van der Waals surface area contributed by atoms with E-state index < -0.39 is 42.6 Å². The van der Waals surface area contributed by atoms with E-state index in [1.807, 2.05) is 0 Å². The number of carbonyl (C=O) groups is 3. The molecule has 0 atom stereocenters. The van der Waals surface area contributed by atoms with E-state index in [1.165, 1.54) is 60.7 Å². The van der Waals surface area contributed by atoms with Crippen molar-refractivity contribution in [3.63, 3.8) is 0 Å². The van der Waals surface area contributed by atoms with E-state index in [4.69, 9.17) is 9.47 Å². The van der Waals surface area contributed by atoms with Gasteiger partial charge in [0.2, 0.25) is 5.78 Å². The molecule has 2 aromatic carbocycles. The van der Waals surface area contributed by atoms with Gasteiger partial charge in [-0.25, -0.2) is 18.4 Å². The minimum Gasteiger partial charge on any atom is -0.454 e. The van der Waals surface area contributed by atoms with Gasteiger partial charge in [-0.1, -0.05) is 24.3 Å². The largest absolute Gasteiger partial charge is 0.454 e. The molecule has 0 saturated carbocycles. The third-order valence-corrected chi connectivity index (χ3v) is 3.31. The predicted octanol–water partition coefficient (Wildman–Crippen LogP) is 3.35. The lowest BCUT2D eigenvalue weighted by Crippen LogP contribution is -2.19. The predicted molar refractivity (Wildman–Crippen MR) is 97.8 cm³/mol. The molecule has 7 heteroatoms. The van der Waals surface area contributed by atoms with Gasteiger partial charge in [0.15, 0.2) is 13.2 Å². The molecular weight excluding hydrogens is 370 g/mol. The van der Waals surface area contributed by atoms with E-state index in [1.54, 1.807) is 0 Å². The van der Waals surface area contributed by atoms with Crippen LogP contribution in [0.3, 0.4) is 0 Å². The maximum Gasteiger partial charge on any atom is 0.331 e. The number of Topliss-reactive ketones (excluding diaryl/α,β-unsaturated/α-hetero) is 1. The molecule has 0 unspecified atom stereocenters. The molecular formula is C21H16F2O5. The van der Waals surface area contributed by atoms with Gasteiger partial charge in [-0.15, -0.1) is 0 Å². The summed E-state index contributed by atoms with van der Waals surface area (Å²) in [5.74, 6) is -2.92. The van der Waals surface area contributed by atoms with Crippen LogP contribution in [0.2, 0.25) is 0 Å². The number of hydrogen-bond acceptors (Lipinski definition) is 5. The van der Waals surface area contributed by atoms with E-state index in [2.05, 4.69) is 0 Å². The molecule has 5 nitrogen and oxygen atoms in total. The van der Waals surface area contributed by atoms with Crippen molar-refractivity contribution >= 4 is 29.9 Å². The Balaban J connectivity index is 1.68. The molecule has 0 N–H and O–H groups in total. The highest BCUT2D eigenvalue weighted by molar-refractivity contribution is 5.92. The fraction of sp³-hybridized carbons (Fsp3) is 0.0952. The number of ketones is 1. The Bertz CT molecular complexity index is 811. The van der Waals surface area contributed by atoms with E-state index >= 15 is 0 Å². The lowest BCUT2D eigenvalue weighted by atomic mass is 10.2. The van der Waals surface area contributed by atoms with E-state index in [0.717, 1.165) is 12.2 Å². The highest BCUT2D eigenvalue weighted by Gasteiger charge is 2.08. The number of ether oxygens (including phenoxy) is 2. The van der Waals surface area contributed by atoms with Crippen LogP contribution >= 0.6 is 0 Å². The molecule has 0 aliphatic carbocycles. The molecule has 144 valence electrons. The first kappa shape index (κ1) is 20.7. The van der Waals surface area contributed by atoms with Crippen LogP contribution in [0.25, 0.3) is 12.2 Å². The summed E-state index contributed by atoms with van der Waals surface area (Å²) in [5, 5.41) is 0. The van der Waals surface area contributed by atoms with Gasteiger partial charge in [-0.05, 0) is 47.5 Å². The lowest BCUT2D eigenvalue weighted by Gasteiger charge is -2.02. The van der Waals surface area contributed by atoms with Gasteiger partial charge in [0.25, 0.3) is 0 Å². The van der Waals surface area contributed by atoms with Crippen molar-refractivity contribution in [2.45, 2.75) is 0 Å². The van der Waals surface area contributed by atoms with Crippen molar-refractivity contribution in [3.05, 3.63) is 83.4 Å². The first-order valence-electron chi connectivity index (χ1n) is 8.15. The van der Waals surface area contributed by atoms with Crippen LogP contribution in [-0.4, -0.2) is 30.9 Å². The summed E-state index contributed by atoms with van der Waals surface area (Å²) in [5.41, 5.74) is 1.18. The Morgan fingerprint density at radius 2 is 1.04 bits per heavy atom. The van der Waals surface area contributed by atoms with Crippen LogP contribution in [-0.2, 0) is 23.9 Å². The van der Waals surface area contributed by atoms with Crippen molar-refractivity contribution in [2.24, 2.45) is 0 Å². The number of esters is 2. The topological polar surface area (TPSA) is 69.7 Å².